The van der Waals surface area contributed by atoms with Gasteiger partial charge in [0.15, 0.2) is 11.6 Å². The molecule has 0 unspecified atom stereocenters. The molecule has 2 saturated heterocycles. The lowest BCUT2D eigenvalue weighted by molar-refractivity contribution is -0.385. The molecule has 0 spiro atoms. The van der Waals surface area contributed by atoms with E-state index in [9.17, 15) is 0 Å². The van der Waals surface area contributed by atoms with Crippen LogP contribution in [0.3, 0.4) is 0 Å². The van der Waals surface area contributed by atoms with Crippen molar-refractivity contribution < 1.29 is 33.5 Å². The van der Waals surface area contributed by atoms with Crippen LogP contribution in [-0.4, -0.2) is 56.8 Å². The molecule has 2 aliphatic rings. The number of methoxy groups -OCH3 is 1. The molecule has 0 aromatic heterocycles. The van der Waals surface area contributed by atoms with Crippen molar-refractivity contribution in [2.24, 2.45) is 5.92 Å². The Morgan fingerprint density at radius 3 is 2.29 bits per heavy atom. The fourth-order valence-electron chi connectivity index (χ4n) is 4.04. The minimum atomic E-state index is -1.01. The summed E-state index contributed by atoms with van der Waals surface area (Å²) in [6.45, 7) is 8.46. The third kappa shape index (κ3) is 4.26. The van der Waals surface area contributed by atoms with Crippen LogP contribution in [0, 0.1) is 5.92 Å². The van der Waals surface area contributed by atoms with Gasteiger partial charge in [0, 0.05) is 13.0 Å². The maximum Gasteiger partial charge on any atom is 0.200 e. The molecule has 2 heterocycles. The van der Waals surface area contributed by atoms with Crippen molar-refractivity contribution in [1.29, 1.82) is 0 Å². The lowest BCUT2D eigenvalue weighted by Gasteiger charge is -2.51. The summed E-state index contributed by atoms with van der Waals surface area (Å²) in [7, 11) is 3.10. The second-order valence-corrected chi connectivity index (χ2v) is 7.97. The van der Waals surface area contributed by atoms with E-state index in [1.807, 2.05) is 58.0 Å². The van der Waals surface area contributed by atoms with Crippen molar-refractivity contribution in [3.8, 4) is 0 Å². The highest BCUT2D eigenvalue weighted by atomic mass is 17.2. The molecule has 7 heteroatoms. The van der Waals surface area contributed by atoms with Crippen molar-refractivity contribution >= 4 is 0 Å². The molecule has 2 aliphatic heterocycles. The predicted octanol–water partition coefficient (Wildman–Crippen LogP) is 3.07. The smallest absolute Gasteiger partial charge is 0.200 e. The number of benzene rings is 1. The van der Waals surface area contributed by atoms with E-state index in [-0.39, 0.29) is 24.7 Å². The van der Waals surface area contributed by atoms with E-state index in [0.29, 0.717) is 6.61 Å². The van der Waals surface area contributed by atoms with Gasteiger partial charge in [0.05, 0.1) is 13.7 Å². The molecule has 5 atom stereocenters. The Labute approximate surface area is 167 Å². The number of hydrogen-bond acceptors (Lipinski definition) is 7. The number of rotatable bonds is 8. The summed E-state index contributed by atoms with van der Waals surface area (Å²) in [6, 6.07) is 10.0. The minimum absolute atomic E-state index is 0.00317. The SMILES string of the molecule is COOC[C@H]1O[C@](OC)(C(C)C)[C@H](OCc2ccccc2)[C@H]2OC(C)(C)O[C@H]21. The highest BCUT2D eigenvalue weighted by Crippen LogP contribution is 2.46. The van der Waals surface area contributed by atoms with Crippen LogP contribution >= 0.6 is 0 Å². The lowest BCUT2D eigenvalue weighted by Crippen LogP contribution is -2.67. The van der Waals surface area contributed by atoms with Crippen LogP contribution < -0.4 is 0 Å². The summed E-state index contributed by atoms with van der Waals surface area (Å²) in [5.74, 6) is -1.78. The van der Waals surface area contributed by atoms with E-state index in [4.69, 9.17) is 33.5 Å². The van der Waals surface area contributed by atoms with Gasteiger partial charge >= 0.3 is 0 Å². The Balaban J connectivity index is 1.90. The summed E-state index contributed by atoms with van der Waals surface area (Å²) in [6.07, 6.45) is -1.65. The second-order valence-electron chi connectivity index (χ2n) is 7.97. The van der Waals surface area contributed by atoms with Gasteiger partial charge in [0.2, 0.25) is 0 Å². The van der Waals surface area contributed by atoms with Gasteiger partial charge in [-0.1, -0.05) is 44.2 Å². The van der Waals surface area contributed by atoms with E-state index < -0.39 is 23.8 Å². The molecule has 1 aromatic rings. The van der Waals surface area contributed by atoms with Crippen molar-refractivity contribution in [2.75, 3.05) is 20.8 Å². The third-order valence-electron chi connectivity index (χ3n) is 5.31. The Kier molecular flexibility index (Phi) is 6.76. The van der Waals surface area contributed by atoms with Gasteiger partial charge in [-0.3, -0.25) is 0 Å². The first kappa shape index (κ1) is 21.6. The average Bonchev–Trinajstić information content (AvgIpc) is 3.00. The van der Waals surface area contributed by atoms with Crippen LogP contribution in [0.1, 0.15) is 33.3 Å². The van der Waals surface area contributed by atoms with Gasteiger partial charge in [-0.25, -0.2) is 9.78 Å². The van der Waals surface area contributed by atoms with Crippen molar-refractivity contribution in [3.63, 3.8) is 0 Å². The summed E-state index contributed by atoms with van der Waals surface area (Å²) >= 11 is 0. The van der Waals surface area contributed by atoms with Crippen LogP contribution in [-0.2, 0) is 40.1 Å². The van der Waals surface area contributed by atoms with Gasteiger partial charge in [0.25, 0.3) is 0 Å². The van der Waals surface area contributed by atoms with E-state index in [1.165, 1.54) is 7.11 Å². The normalized spacial score (nSPS) is 34.5. The molecule has 28 heavy (non-hydrogen) atoms. The average molecular weight is 396 g/mol. The highest BCUT2D eigenvalue weighted by molar-refractivity contribution is 5.14. The molecule has 0 radical (unpaired) electrons. The minimum Gasteiger partial charge on any atom is -0.365 e. The summed E-state index contributed by atoms with van der Waals surface area (Å²) in [4.78, 5) is 9.97. The van der Waals surface area contributed by atoms with E-state index in [0.717, 1.165) is 5.56 Å². The van der Waals surface area contributed by atoms with Gasteiger partial charge in [-0.15, -0.1) is 0 Å². The van der Waals surface area contributed by atoms with Gasteiger partial charge in [-0.2, -0.15) is 0 Å². The Hall–Kier alpha value is -1.06. The van der Waals surface area contributed by atoms with Crippen LogP contribution in [0.25, 0.3) is 0 Å². The Bertz CT molecular complexity index is 620. The third-order valence-corrected chi connectivity index (χ3v) is 5.31. The molecule has 0 amide bonds. The van der Waals surface area contributed by atoms with Gasteiger partial charge in [0.1, 0.15) is 31.0 Å². The monoisotopic (exact) mass is 396 g/mol. The fraction of sp³-hybridized carbons (Fsp3) is 0.714. The zero-order chi connectivity index (χ0) is 20.4. The zero-order valence-corrected chi connectivity index (χ0v) is 17.5. The molecule has 3 rings (SSSR count). The van der Waals surface area contributed by atoms with Crippen molar-refractivity contribution in [2.45, 2.75) is 70.3 Å². The van der Waals surface area contributed by atoms with E-state index in [2.05, 4.69) is 0 Å². The first-order chi connectivity index (χ1) is 13.3. The van der Waals surface area contributed by atoms with Crippen molar-refractivity contribution in [1.82, 2.24) is 0 Å². The first-order valence-electron chi connectivity index (χ1n) is 9.72. The molecular weight excluding hydrogens is 364 g/mol. The van der Waals surface area contributed by atoms with Crippen LogP contribution in [0.4, 0.5) is 0 Å². The van der Waals surface area contributed by atoms with E-state index >= 15 is 0 Å². The Morgan fingerprint density at radius 2 is 1.68 bits per heavy atom. The van der Waals surface area contributed by atoms with Gasteiger partial charge < -0.3 is 23.7 Å². The second kappa shape index (κ2) is 8.75. The number of ether oxygens (including phenoxy) is 5. The van der Waals surface area contributed by atoms with Crippen LogP contribution in [0.15, 0.2) is 30.3 Å². The molecule has 158 valence electrons. The fourth-order valence-corrected chi connectivity index (χ4v) is 4.04. The quantitative estimate of drug-likeness (QED) is 0.494. The van der Waals surface area contributed by atoms with Gasteiger partial charge in [-0.05, 0) is 19.4 Å². The molecule has 0 saturated carbocycles. The molecule has 0 bridgehead atoms. The predicted molar refractivity (Wildman–Crippen MR) is 101 cm³/mol. The molecular formula is C21H32O7. The maximum atomic E-state index is 6.44. The molecule has 1 aromatic carbocycles. The standard InChI is InChI=1S/C21H32O7/c1-14(2)21(22-5)19(24-12-15-10-8-7-9-11-15)18-17(27-20(3,4)28-18)16(26-21)13-25-23-6/h7-11,14,16-19H,12-13H2,1-6H3/t16-,17+,18+,19-,21-/m1/s1. The molecule has 0 aliphatic carbocycles. The summed E-state index contributed by atoms with van der Waals surface area (Å²) < 4.78 is 31.2. The summed E-state index contributed by atoms with van der Waals surface area (Å²) in [5, 5.41) is 0. The largest absolute Gasteiger partial charge is 0.365 e. The van der Waals surface area contributed by atoms with Crippen LogP contribution in [0.2, 0.25) is 0 Å². The molecule has 0 N–H and O–H groups in total. The molecule has 2 fully saturated rings. The molecule has 7 nitrogen and oxygen atoms in total. The van der Waals surface area contributed by atoms with Crippen molar-refractivity contribution in [3.05, 3.63) is 35.9 Å². The topological polar surface area (TPSA) is 64.6 Å². The Morgan fingerprint density at radius 1 is 1.00 bits per heavy atom. The van der Waals surface area contributed by atoms with E-state index in [1.54, 1.807) is 7.11 Å². The number of fused-ring (bicyclic) bond motifs is 1. The first-order valence-corrected chi connectivity index (χ1v) is 9.72. The maximum absolute atomic E-state index is 6.44. The lowest BCUT2D eigenvalue weighted by atomic mass is 9.85. The summed E-state index contributed by atoms with van der Waals surface area (Å²) in [5.41, 5.74) is 1.07. The number of hydrogen-bond donors (Lipinski definition) is 0. The highest BCUT2D eigenvalue weighted by Gasteiger charge is 2.63. The van der Waals surface area contributed by atoms with Crippen LogP contribution in [0.5, 0.6) is 0 Å². The zero-order valence-electron chi connectivity index (χ0n) is 17.5.